The first-order valence-electron chi connectivity index (χ1n) is 7.07. The van der Waals surface area contributed by atoms with Crippen molar-refractivity contribution in [2.45, 2.75) is 58.8 Å². The number of aromatic nitrogens is 2. The van der Waals surface area contributed by atoms with Gasteiger partial charge in [-0.3, -0.25) is 0 Å². The third-order valence-electron chi connectivity index (χ3n) is 2.28. The van der Waals surface area contributed by atoms with E-state index >= 15 is 0 Å². The molecule has 0 bridgehead atoms. The Kier molecular flexibility index (Phi) is 5.93. The summed E-state index contributed by atoms with van der Waals surface area (Å²) in [6.45, 7) is 10.4. The van der Waals surface area contributed by atoms with Crippen LogP contribution in [0.5, 0.6) is 0 Å². The molecule has 1 rings (SSSR count). The molecule has 23 heavy (non-hydrogen) atoms. The molecule has 1 aromatic heterocycles. The molecule has 0 aromatic carbocycles. The first-order chi connectivity index (χ1) is 10.4. The van der Waals surface area contributed by atoms with Crippen LogP contribution in [0.2, 0.25) is 5.28 Å². The second-order valence-electron chi connectivity index (χ2n) is 6.90. The highest BCUT2D eigenvalue weighted by atomic mass is 35.5. The molecule has 8 heteroatoms. The fourth-order valence-corrected chi connectivity index (χ4v) is 1.63. The van der Waals surface area contributed by atoms with Crippen LogP contribution in [0.4, 0.5) is 4.79 Å². The lowest BCUT2D eigenvalue weighted by molar-refractivity contribution is -0.157. The molecule has 0 fully saturated rings. The van der Waals surface area contributed by atoms with E-state index < -0.39 is 29.3 Å². The van der Waals surface area contributed by atoms with Crippen LogP contribution in [-0.2, 0) is 14.3 Å². The predicted molar refractivity (Wildman–Crippen MR) is 85.0 cm³/mol. The van der Waals surface area contributed by atoms with Gasteiger partial charge in [0.2, 0.25) is 5.28 Å². The number of alkyl carbamates (subject to hydrolysis) is 1. The van der Waals surface area contributed by atoms with Crippen LogP contribution in [0, 0.1) is 0 Å². The van der Waals surface area contributed by atoms with E-state index in [-0.39, 0.29) is 5.28 Å². The molecule has 128 valence electrons. The summed E-state index contributed by atoms with van der Waals surface area (Å²) >= 11 is 5.64. The highest BCUT2D eigenvalue weighted by Crippen LogP contribution is 2.19. The standard InChI is InChI=1S/C15H22ClN3O4/c1-14(2,3)22-11(20)10(9-7-17-12(16)18-8-9)19-13(21)23-15(4,5)6/h7-8,10H,1-6H3,(H,19,21). The third kappa shape index (κ3) is 7.27. The summed E-state index contributed by atoms with van der Waals surface area (Å²) in [5.74, 6) is -0.644. The molecule has 0 saturated carbocycles. The van der Waals surface area contributed by atoms with E-state index in [1.807, 2.05) is 0 Å². The Hall–Kier alpha value is -1.89. The van der Waals surface area contributed by atoms with Crippen molar-refractivity contribution in [2.75, 3.05) is 0 Å². The molecule has 1 aromatic rings. The summed E-state index contributed by atoms with van der Waals surface area (Å²) in [6, 6.07) is -1.10. The van der Waals surface area contributed by atoms with E-state index in [4.69, 9.17) is 21.1 Å². The third-order valence-corrected chi connectivity index (χ3v) is 2.47. The first kappa shape index (κ1) is 19.2. The summed E-state index contributed by atoms with van der Waals surface area (Å²) in [5, 5.41) is 2.51. The van der Waals surface area contributed by atoms with Gasteiger partial charge in [0, 0.05) is 18.0 Å². The van der Waals surface area contributed by atoms with Crippen molar-refractivity contribution in [3.8, 4) is 0 Å². The summed E-state index contributed by atoms with van der Waals surface area (Å²) < 4.78 is 10.5. The monoisotopic (exact) mass is 343 g/mol. The Bertz CT molecular complexity index is 562. The Morgan fingerprint density at radius 1 is 1.04 bits per heavy atom. The maximum Gasteiger partial charge on any atom is 0.408 e. The second kappa shape index (κ2) is 7.12. The molecule has 1 N–H and O–H groups in total. The van der Waals surface area contributed by atoms with E-state index in [2.05, 4.69) is 15.3 Å². The van der Waals surface area contributed by atoms with Gasteiger partial charge < -0.3 is 14.8 Å². The van der Waals surface area contributed by atoms with Crippen LogP contribution >= 0.6 is 11.6 Å². The van der Waals surface area contributed by atoms with Gasteiger partial charge in [0.15, 0.2) is 6.04 Å². The van der Waals surface area contributed by atoms with Crippen LogP contribution in [0.25, 0.3) is 0 Å². The number of ether oxygens (including phenoxy) is 2. The van der Waals surface area contributed by atoms with Crippen molar-refractivity contribution in [1.82, 2.24) is 15.3 Å². The van der Waals surface area contributed by atoms with Crippen LogP contribution in [0.15, 0.2) is 12.4 Å². The van der Waals surface area contributed by atoms with Gasteiger partial charge in [0.1, 0.15) is 11.2 Å². The number of carbonyl (C=O) groups excluding carboxylic acids is 2. The number of hydrogen-bond donors (Lipinski definition) is 1. The zero-order chi connectivity index (χ0) is 17.8. The zero-order valence-electron chi connectivity index (χ0n) is 14.1. The fourth-order valence-electron chi connectivity index (χ4n) is 1.54. The summed E-state index contributed by atoms with van der Waals surface area (Å²) in [4.78, 5) is 32.0. The minimum absolute atomic E-state index is 0.0361. The molecule has 1 amide bonds. The van der Waals surface area contributed by atoms with Gasteiger partial charge in [-0.1, -0.05) is 0 Å². The van der Waals surface area contributed by atoms with Gasteiger partial charge in [-0.05, 0) is 53.1 Å². The number of halogens is 1. The SMILES string of the molecule is CC(C)(C)OC(=O)NC(C(=O)OC(C)(C)C)c1cnc(Cl)nc1. The lowest BCUT2D eigenvalue weighted by Gasteiger charge is -2.26. The predicted octanol–water partition coefficient (Wildman–Crippen LogP) is 3.04. The number of rotatable bonds is 3. The number of nitrogens with one attached hydrogen (secondary N) is 1. The van der Waals surface area contributed by atoms with Crippen molar-refractivity contribution in [3.63, 3.8) is 0 Å². The molecule has 0 radical (unpaired) electrons. The van der Waals surface area contributed by atoms with Gasteiger partial charge in [0.25, 0.3) is 0 Å². The molecule has 0 spiro atoms. The largest absolute Gasteiger partial charge is 0.458 e. The second-order valence-corrected chi connectivity index (χ2v) is 7.24. The van der Waals surface area contributed by atoms with Gasteiger partial charge >= 0.3 is 12.1 Å². The van der Waals surface area contributed by atoms with Gasteiger partial charge in [-0.2, -0.15) is 0 Å². The number of nitrogens with zero attached hydrogens (tertiary/aromatic N) is 2. The maximum atomic E-state index is 12.4. The first-order valence-corrected chi connectivity index (χ1v) is 7.45. The molecule has 0 saturated heterocycles. The van der Waals surface area contributed by atoms with Crippen molar-refractivity contribution in [1.29, 1.82) is 0 Å². The summed E-state index contributed by atoms with van der Waals surface area (Å²) in [7, 11) is 0. The van der Waals surface area contributed by atoms with E-state index in [0.29, 0.717) is 5.56 Å². The average molecular weight is 344 g/mol. The molecule has 1 unspecified atom stereocenters. The van der Waals surface area contributed by atoms with Crippen LogP contribution in [-0.4, -0.2) is 33.2 Å². The quantitative estimate of drug-likeness (QED) is 0.670. The van der Waals surface area contributed by atoms with Crippen molar-refractivity contribution in [3.05, 3.63) is 23.2 Å². The Balaban J connectivity index is 2.99. The number of hydrogen-bond acceptors (Lipinski definition) is 6. The Labute approximate surface area is 140 Å². The van der Waals surface area contributed by atoms with Crippen molar-refractivity contribution in [2.24, 2.45) is 0 Å². The highest BCUT2D eigenvalue weighted by Gasteiger charge is 2.30. The lowest BCUT2D eigenvalue weighted by atomic mass is 10.1. The Morgan fingerprint density at radius 3 is 1.96 bits per heavy atom. The molecule has 0 aliphatic heterocycles. The smallest absolute Gasteiger partial charge is 0.408 e. The molecule has 0 aliphatic carbocycles. The number of carbonyl (C=O) groups is 2. The van der Waals surface area contributed by atoms with E-state index in [1.165, 1.54) is 12.4 Å². The minimum Gasteiger partial charge on any atom is -0.458 e. The number of amides is 1. The van der Waals surface area contributed by atoms with Gasteiger partial charge in [-0.25, -0.2) is 19.6 Å². The van der Waals surface area contributed by atoms with Gasteiger partial charge in [0.05, 0.1) is 0 Å². The molecule has 1 heterocycles. The van der Waals surface area contributed by atoms with Crippen LogP contribution in [0.3, 0.4) is 0 Å². The topological polar surface area (TPSA) is 90.4 Å². The van der Waals surface area contributed by atoms with E-state index in [9.17, 15) is 9.59 Å². The van der Waals surface area contributed by atoms with E-state index in [0.717, 1.165) is 0 Å². The molecular formula is C15H22ClN3O4. The fraction of sp³-hybridized carbons (Fsp3) is 0.600. The van der Waals surface area contributed by atoms with E-state index in [1.54, 1.807) is 41.5 Å². The summed E-state index contributed by atoms with van der Waals surface area (Å²) in [6.07, 6.45) is 1.95. The lowest BCUT2D eigenvalue weighted by Crippen LogP contribution is -2.40. The van der Waals surface area contributed by atoms with Crippen molar-refractivity contribution < 1.29 is 19.1 Å². The van der Waals surface area contributed by atoms with Crippen LogP contribution < -0.4 is 5.32 Å². The summed E-state index contributed by atoms with van der Waals surface area (Å²) in [5.41, 5.74) is -1.06. The zero-order valence-corrected chi connectivity index (χ0v) is 14.9. The molecule has 0 aliphatic rings. The Morgan fingerprint density at radius 2 is 1.52 bits per heavy atom. The maximum absolute atomic E-state index is 12.4. The van der Waals surface area contributed by atoms with Gasteiger partial charge in [-0.15, -0.1) is 0 Å². The normalized spacial score (nSPS) is 13.2. The average Bonchev–Trinajstić information content (AvgIpc) is 2.33. The minimum atomic E-state index is -1.10. The molecule has 7 nitrogen and oxygen atoms in total. The van der Waals surface area contributed by atoms with Crippen molar-refractivity contribution >= 4 is 23.7 Å². The van der Waals surface area contributed by atoms with Crippen LogP contribution in [0.1, 0.15) is 53.1 Å². The molecular weight excluding hydrogens is 322 g/mol. The molecule has 1 atom stereocenters. The number of esters is 1. The highest BCUT2D eigenvalue weighted by molar-refractivity contribution is 6.28.